The maximum Gasteiger partial charge on any atom is 0.198 e. The van der Waals surface area contributed by atoms with Crippen LogP contribution in [0.3, 0.4) is 0 Å². The fourth-order valence-electron chi connectivity index (χ4n) is 12.3. The maximum absolute atomic E-state index is 4.13. The van der Waals surface area contributed by atoms with Gasteiger partial charge in [0, 0.05) is 28.2 Å². The largest absolute Gasteiger partial charge is 0.354 e. The summed E-state index contributed by atoms with van der Waals surface area (Å²) in [6.07, 6.45) is 0. The van der Waals surface area contributed by atoms with Gasteiger partial charge in [-0.1, -0.05) is 208 Å². The van der Waals surface area contributed by atoms with Crippen LogP contribution >= 0.6 is 0 Å². The highest BCUT2D eigenvalue weighted by Gasteiger charge is 2.50. The molecule has 3 heteroatoms. The van der Waals surface area contributed by atoms with Crippen molar-refractivity contribution in [2.75, 3.05) is 10.2 Å². The summed E-state index contributed by atoms with van der Waals surface area (Å²) in [7, 11) is 0.774. The van der Waals surface area contributed by atoms with Crippen molar-refractivity contribution < 1.29 is 0 Å². The van der Waals surface area contributed by atoms with Crippen molar-refractivity contribution in [2.45, 2.75) is 45.4 Å². The van der Waals surface area contributed by atoms with Gasteiger partial charge in [0.05, 0.1) is 16.8 Å². The van der Waals surface area contributed by atoms with Gasteiger partial charge >= 0.3 is 0 Å². The van der Waals surface area contributed by atoms with Gasteiger partial charge in [-0.25, -0.2) is 0 Å². The molecule has 0 saturated heterocycles. The average molecular weight is 897 g/mol. The number of benzene rings is 10. The molecule has 10 aromatic carbocycles. The topological polar surface area (TPSA) is 15.3 Å². The second-order valence-corrected chi connectivity index (χ2v) is 20.6. The Balaban J connectivity index is 1.14. The molecule has 0 fully saturated rings. The average Bonchev–Trinajstić information content (AvgIpc) is 3.68. The lowest BCUT2D eigenvalue weighted by molar-refractivity contribution is 0.590. The standard InChI is InChI=1S/C67H53BN2/c1-42-20-18-21-43(2)63(42)47-38-53(51-28-19-32-57-65(51)69-59-33-17-16-31-56(59)67(57)54-29-14-12-26-49(54)50-27-13-15-30-55(50)67)64-62(40-47)70(61-39-46(34-36-58(61)68-64)44-22-8-6-9-23-44)60-37-35-48(66(3,4)5)41-52(60)45-24-10-7-11-25-45/h6-41,68-69H,1-5H3. The molecule has 0 bridgehead atoms. The van der Waals surface area contributed by atoms with Gasteiger partial charge in [0.1, 0.15) is 0 Å². The fraction of sp³-hybridized carbons (Fsp3) is 0.104. The first kappa shape index (κ1) is 42.0. The highest BCUT2D eigenvalue weighted by Crippen LogP contribution is 2.62. The molecule has 70 heavy (non-hydrogen) atoms. The number of anilines is 5. The first-order valence-electron chi connectivity index (χ1n) is 24.8. The van der Waals surface area contributed by atoms with Gasteiger partial charge in [-0.2, -0.15) is 0 Å². The Morgan fingerprint density at radius 1 is 0.414 bits per heavy atom. The van der Waals surface area contributed by atoms with Crippen molar-refractivity contribution >= 4 is 46.6 Å². The second kappa shape index (κ2) is 16.0. The van der Waals surface area contributed by atoms with Gasteiger partial charge in [0.2, 0.25) is 0 Å². The van der Waals surface area contributed by atoms with E-state index in [0.717, 1.165) is 24.3 Å². The minimum Gasteiger partial charge on any atom is -0.354 e. The maximum atomic E-state index is 4.13. The highest BCUT2D eigenvalue weighted by molar-refractivity contribution is 6.73. The van der Waals surface area contributed by atoms with E-state index in [1.165, 1.54) is 117 Å². The quantitative estimate of drug-likeness (QED) is 0.173. The smallest absolute Gasteiger partial charge is 0.198 e. The number of rotatable bonds is 5. The van der Waals surface area contributed by atoms with Gasteiger partial charge in [-0.3, -0.25) is 0 Å². The fourth-order valence-corrected chi connectivity index (χ4v) is 12.3. The van der Waals surface area contributed by atoms with Crippen LogP contribution in [0.25, 0.3) is 55.6 Å². The Kier molecular flexibility index (Phi) is 9.58. The van der Waals surface area contributed by atoms with E-state index in [-0.39, 0.29) is 5.41 Å². The molecule has 0 radical (unpaired) electrons. The minimum absolute atomic E-state index is 0.0430. The van der Waals surface area contributed by atoms with Crippen LogP contribution in [-0.4, -0.2) is 7.28 Å². The summed E-state index contributed by atoms with van der Waals surface area (Å²) in [5.74, 6) is 0. The molecule has 0 aromatic heterocycles. The summed E-state index contributed by atoms with van der Waals surface area (Å²) < 4.78 is 0. The minimum atomic E-state index is -0.517. The second-order valence-electron chi connectivity index (χ2n) is 20.6. The van der Waals surface area contributed by atoms with Gasteiger partial charge in [0.25, 0.3) is 0 Å². The Bertz CT molecular complexity index is 3660. The van der Waals surface area contributed by atoms with Crippen molar-refractivity contribution in [3.63, 3.8) is 0 Å². The van der Waals surface area contributed by atoms with Crippen LogP contribution in [0.5, 0.6) is 0 Å². The summed E-state index contributed by atoms with van der Waals surface area (Å²) >= 11 is 0. The molecule has 0 amide bonds. The van der Waals surface area contributed by atoms with Gasteiger partial charge in [-0.05, 0) is 145 Å². The van der Waals surface area contributed by atoms with Gasteiger partial charge < -0.3 is 10.2 Å². The molecule has 1 aliphatic carbocycles. The monoisotopic (exact) mass is 896 g/mol. The molecule has 2 nitrogen and oxygen atoms in total. The molecule has 13 rings (SSSR count). The van der Waals surface area contributed by atoms with Crippen molar-refractivity contribution in [3.05, 3.63) is 257 Å². The third-order valence-electron chi connectivity index (χ3n) is 15.5. The van der Waals surface area contributed by atoms with Gasteiger partial charge in [0.15, 0.2) is 7.28 Å². The Hall–Kier alpha value is -8.14. The predicted octanol–water partition coefficient (Wildman–Crippen LogP) is 15.9. The van der Waals surface area contributed by atoms with Crippen molar-refractivity contribution in [2.24, 2.45) is 0 Å². The molecule has 334 valence electrons. The Labute approximate surface area is 413 Å². The van der Waals surface area contributed by atoms with E-state index < -0.39 is 5.41 Å². The predicted molar refractivity (Wildman–Crippen MR) is 298 cm³/mol. The molecule has 10 aromatic rings. The van der Waals surface area contributed by atoms with E-state index in [9.17, 15) is 0 Å². The van der Waals surface area contributed by atoms with E-state index in [1.54, 1.807) is 0 Å². The molecule has 2 aliphatic heterocycles. The van der Waals surface area contributed by atoms with Crippen LogP contribution in [0.2, 0.25) is 0 Å². The van der Waals surface area contributed by atoms with Crippen LogP contribution in [-0.2, 0) is 10.8 Å². The number of fused-ring (bicyclic) bond motifs is 11. The zero-order valence-electron chi connectivity index (χ0n) is 40.4. The first-order valence-corrected chi connectivity index (χ1v) is 24.8. The lowest BCUT2D eigenvalue weighted by Crippen LogP contribution is -2.41. The van der Waals surface area contributed by atoms with Crippen molar-refractivity contribution in [1.82, 2.24) is 0 Å². The first-order chi connectivity index (χ1) is 34.2. The van der Waals surface area contributed by atoms with Crippen LogP contribution in [0, 0.1) is 13.8 Å². The Morgan fingerprint density at radius 3 is 1.70 bits per heavy atom. The highest BCUT2D eigenvalue weighted by atomic mass is 15.2. The lowest BCUT2D eigenvalue weighted by atomic mass is 9.57. The summed E-state index contributed by atoms with van der Waals surface area (Å²) in [5.41, 5.74) is 29.3. The molecule has 1 spiro atoms. The number of hydrogen-bond acceptors (Lipinski definition) is 2. The zero-order valence-corrected chi connectivity index (χ0v) is 40.4. The van der Waals surface area contributed by atoms with E-state index in [2.05, 4.69) is 263 Å². The number of para-hydroxylation sites is 2. The SMILES string of the molecule is Cc1cccc(C)c1-c1cc(-c2cccc3c2Nc2ccccc2C32c3ccccc3-c3ccccc32)c2c(c1)N(c1ccc(C(C)(C)C)cc1-c1ccccc1)c1cc(-c3ccccc3)ccc1B2. The summed E-state index contributed by atoms with van der Waals surface area (Å²) in [5, 5.41) is 4.13. The van der Waals surface area contributed by atoms with Crippen LogP contribution in [0.4, 0.5) is 28.4 Å². The molecule has 0 atom stereocenters. The molecule has 2 heterocycles. The molecule has 1 N–H and O–H groups in total. The normalized spacial score (nSPS) is 13.5. The molecule has 3 aliphatic rings. The molecule has 0 saturated carbocycles. The Morgan fingerprint density at radius 2 is 1.00 bits per heavy atom. The van der Waals surface area contributed by atoms with Crippen molar-refractivity contribution in [3.8, 4) is 55.6 Å². The van der Waals surface area contributed by atoms with Gasteiger partial charge in [-0.15, -0.1) is 0 Å². The van der Waals surface area contributed by atoms with Crippen LogP contribution < -0.4 is 21.1 Å². The number of aryl methyl sites for hydroxylation is 2. The van der Waals surface area contributed by atoms with E-state index >= 15 is 0 Å². The third kappa shape index (κ3) is 6.34. The number of nitrogens with one attached hydrogen (secondary N) is 1. The molecular formula is C67H53BN2. The van der Waals surface area contributed by atoms with E-state index in [1.807, 2.05) is 0 Å². The summed E-state index contributed by atoms with van der Waals surface area (Å²) in [6.45, 7) is 11.5. The van der Waals surface area contributed by atoms with Crippen LogP contribution in [0.15, 0.2) is 218 Å². The van der Waals surface area contributed by atoms with Crippen LogP contribution in [0.1, 0.15) is 59.7 Å². The summed E-state index contributed by atoms with van der Waals surface area (Å²) in [6, 6.07) is 82.2. The third-order valence-corrected chi connectivity index (χ3v) is 15.5. The van der Waals surface area contributed by atoms with E-state index in [4.69, 9.17) is 0 Å². The van der Waals surface area contributed by atoms with E-state index in [0.29, 0.717) is 0 Å². The number of nitrogens with zero attached hydrogens (tertiary/aromatic N) is 1. The molecule has 0 unspecified atom stereocenters. The summed E-state index contributed by atoms with van der Waals surface area (Å²) in [4.78, 5) is 2.61. The molecular weight excluding hydrogens is 844 g/mol. The zero-order chi connectivity index (χ0) is 47.3. The lowest BCUT2D eigenvalue weighted by Gasteiger charge is -2.41. The van der Waals surface area contributed by atoms with Crippen molar-refractivity contribution in [1.29, 1.82) is 0 Å². The number of hydrogen-bond donors (Lipinski definition) is 1.